The zero-order chi connectivity index (χ0) is 19.7. The summed E-state index contributed by atoms with van der Waals surface area (Å²) < 4.78 is 0. The zero-order valence-electron chi connectivity index (χ0n) is 15.6. The van der Waals surface area contributed by atoms with Crippen LogP contribution in [0.5, 0.6) is 11.5 Å². The van der Waals surface area contributed by atoms with Crippen molar-refractivity contribution in [1.29, 1.82) is 0 Å². The van der Waals surface area contributed by atoms with Crippen LogP contribution >= 0.6 is 23.2 Å². The van der Waals surface area contributed by atoms with Crippen molar-refractivity contribution in [3.63, 3.8) is 0 Å². The first kappa shape index (κ1) is 25.5. The van der Waals surface area contributed by atoms with Crippen LogP contribution in [0.4, 0.5) is 0 Å². The molecule has 4 nitrogen and oxygen atoms in total. The van der Waals surface area contributed by atoms with Gasteiger partial charge in [0, 0.05) is 62.8 Å². The molecule has 2 rings (SSSR count). The molecule has 2 aromatic carbocycles. The van der Waals surface area contributed by atoms with Crippen molar-refractivity contribution in [2.45, 2.75) is 39.8 Å². The molecule has 1 radical (unpaired) electrons. The summed E-state index contributed by atoms with van der Waals surface area (Å²) in [5.74, 6) is 0.405. The number of aromatic hydroxyl groups is 2. The Hall–Kier alpha value is -1.52. The Morgan fingerprint density at radius 1 is 0.741 bits per heavy atom. The van der Waals surface area contributed by atoms with E-state index in [1.54, 1.807) is 48.8 Å². The minimum absolute atomic E-state index is 0. The minimum atomic E-state index is 0. The molecule has 2 N–H and O–H groups in total. The summed E-state index contributed by atoms with van der Waals surface area (Å²) in [5.41, 5.74) is 1.31. The van der Waals surface area contributed by atoms with E-state index in [1.807, 2.05) is 27.7 Å². The molecular formula is C20H24Cl2CuN2O2. The summed E-state index contributed by atoms with van der Waals surface area (Å²) in [6.07, 6.45) is 3.26. The molecule has 0 saturated heterocycles. The Labute approximate surface area is 181 Å². The zero-order valence-corrected chi connectivity index (χ0v) is 18.1. The third-order valence-electron chi connectivity index (χ3n) is 3.00. The van der Waals surface area contributed by atoms with E-state index in [-0.39, 0.29) is 40.7 Å². The first-order valence-corrected chi connectivity index (χ1v) is 8.98. The first-order valence-electron chi connectivity index (χ1n) is 8.22. The van der Waals surface area contributed by atoms with Crippen LogP contribution in [0.1, 0.15) is 38.8 Å². The van der Waals surface area contributed by atoms with Gasteiger partial charge in [-0.15, -0.1) is 0 Å². The van der Waals surface area contributed by atoms with Gasteiger partial charge in [0.2, 0.25) is 0 Å². The average molecular weight is 459 g/mol. The molecule has 0 spiro atoms. The molecule has 27 heavy (non-hydrogen) atoms. The fraction of sp³-hybridized carbons (Fsp3) is 0.300. The monoisotopic (exact) mass is 457 g/mol. The quantitative estimate of drug-likeness (QED) is 0.453. The van der Waals surface area contributed by atoms with Crippen molar-refractivity contribution in [3.8, 4) is 11.5 Å². The van der Waals surface area contributed by atoms with Gasteiger partial charge in [-0.1, -0.05) is 23.2 Å². The van der Waals surface area contributed by atoms with Gasteiger partial charge in [-0.25, -0.2) is 0 Å². The maximum absolute atomic E-state index is 9.40. The van der Waals surface area contributed by atoms with Crippen LogP contribution in [0.15, 0.2) is 46.4 Å². The van der Waals surface area contributed by atoms with E-state index in [4.69, 9.17) is 23.2 Å². The maximum atomic E-state index is 9.40. The van der Waals surface area contributed by atoms with Crippen molar-refractivity contribution in [1.82, 2.24) is 0 Å². The number of phenolic OH excluding ortho intramolecular Hbond substituents is 2. The number of nitrogens with zero attached hydrogens (tertiary/aromatic N) is 2. The van der Waals surface area contributed by atoms with Crippen molar-refractivity contribution in [3.05, 3.63) is 57.6 Å². The molecule has 0 amide bonds. The molecular weight excluding hydrogens is 435 g/mol. The number of hydrogen-bond acceptors (Lipinski definition) is 4. The Balaban J connectivity index is 0.000000483. The molecule has 7 heteroatoms. The average Bonchev–Trinajstić information content (AvgIpc) is 2.57. The predicted molar refractivity (Wildman–Crippen MR) is 112 cm³/mol. The molecule has 0 aliphatic heterocycles. The predicted octanol–water partition coefficient (Wildman–Crippen LogP) is 5.74. The van der Waals surface area contributed by atoms with Gasteiger partial charge < -0.3 is 10.2 Å². The molecule has 2 aromatic rings. The number of benzene rings is 2. The second-order valence-corrected chi connectivity index (χ2v) is 7.02. The second kappa shape index (κ2) is 12.8. The Morgan fingerprint density at radius 2 is 1.07 bits per heavy atom. The molecule has 0 saturated carbocycles. The Kier molecular flexibility index (Phi) is 12.1. The van der Waals surface area contributed by atoms with Gasteiger partial charge in [0.05, 0.1) is 0 Å². The summed E-state index contributed by atoms with van der Waals surface area (Å²) in [6, 6.07) is 10.2. The van der Waals surface area contributed by atoms with Crippen LogP contribution in [0.2, 0.25) is 10.0 Å². The number of halogens is 2. The number of rotatable bonds is 4. The van der Waals surface area contributed by atoms with E-state index >= 15 is 0 Å². The molecule has 0 aliphatic carbocycles. The van der Waals surface area contributed by atoms with Crippen molar-refractivity contribution >= 4 is 35.6 Å². The van der Waals surface area contributed by atoms with Gasteiger partial charge in [-0.3, -0.25) is 9.98 Å². The van der Waals surface area contributed by atoms with Gasteiger partial charge in [-0.05, 0) is 64.1 Å². The summed E-state index contributed by atoms with van der Waals surface area (Å²) in [4.78, 5) is 8.31. The van der Waals surface area contributed by atoms with Crippen LogP contribution in [0.3, 0.4) is 0 Å². The van der Waals surface area contributed by atoms with E-state index < -0.39 is 0 Å². The van der Waals surface area contributed by atoms with Crippen LogP contribution in [0, 0.1) is 0 Å². The van der Waals surface area contributed by atoms with E-state index in [0.29, 0.717) is 21.2 Å². The minimum Gasteiger partial charge on any atom is -0.507 e. The van der Waals surface area contributed by atoms with Crippen LogP contribution in [0.25, 0.3) is 0 Å². The molecule has 151 valence electrons. The van der Waals surface area contributed by atoms with Gasteiger partial charge in [-0.2, -0.15) is 0 Å². The smallest absolute Gasteiger partial charge is 0.124 e. The van der Waals surface area contributed by atoms with Crippen LogP contribution in [-0.4, -0.2) is 34.7 Å². The molecule has 0 fully saturated rings. The standard InChI is InChI=1S/2C10H12ClNO.Cu/c2*1-7(2)12-6-8-5-9(11)3-4-10(8)13;/h2*3-7,13H,1-2H3;. The van der Waals surface area contributed by atoms with E-state index in [2.05, 4.69) is 9.98 Å². The van der Waals surface area contributed by atoms with Crippen molar-refractivity contribution in [2.75, 3.05) is 0 Å². The second-order valence-electron chi connectivity index (χ2n) is 6.15. The van der Waals surface area contributed by atoms with E-state index in [9.17, 15) is 10.2 Å². The molecule has 0 aromatic heterocycles. The summed E-state index contributed by atoms with van der Waals surface area (Å²) in [6.45, 7) is 7.88. The molecule has 0 atom stereocenters. The summed E-state index contributed by atoms with van der Waals surface area (Å²) in [7, 11) is 0. The molecule has 0 unspecified atom stereocenters. The maximum Gasteiger partial charge on any atom is 0.124 e. The topological polar surface area (TPSA) is 65.2 Å². The van der Waals surface area contributed by atoms with E-state index in [1.165, 1.54) is 0 Å². The molecule has 0 bridgehead atoms. The number of phenols is 2. The van der Waals surface area contributed by atoms with Gasteiger partial charge in [0.25, 0.3) is 0 Å². The van der Waals surface area contributed by atoms with Crippen molar-refractivity contribution < 1.29 is 27.3 Å². The van der Waals surface area contributed by atoms with E-state index in [0.717, 1.165) is 0 Å². The molecule has 0 heterocycles. The van der Waals surface area contributed by atoms with Crippen LogP contribution in [-0.2, 0) is 17.1 Å². The largest absolute Gasteiger partial charge is 0.507 e. The van der Waals surface area contributed by atoms with Gasteiger partial charge >= 0.3 is 0 Å². The summed E-state index contributed by atoms with van der Waals surface area (Å²) in [5, 5.41) is 20.0. The fourth-order valence-corrected chi connectivity index (χ4v) is 2.08. The normalized spacial score (nSPS) is 11.0. The SMILES string of the molecule is CC(C)N=Cc1cc(Cl)ccc1O.CC(C)N=Cc1cc(Cl)ccc1O.[Cu]. The third-order valence-corrected chi connectivity index (χ3v) is 3.47. The fourth-order valence-electron chi connectivity index (χ4n) is 1.72. The number of aliphatic imine (C=N–C) groups is 2. The van der Waals surface area contributed by atoms with Gasteiger partial charge in [0.15, 0.2) is 0 Å². The van der Waals surface area contributed by atoms with Crippen LogP contribution < -0.4 is 0 Å². The molecule has 0 aliphatic rings. The van der Waals surface area contributed by atoms with Crippen molar-refractivity contribution in [2.24, 2.45) is 9.98 Å². The Bertz CT molecular complexity index is 713. The summed E-state index contributed by atoms with van der Waals surface area (Å²) >= 11 is 11.5. The van der Waals surface area contributed by atoms with Gasteiger partial charge in [0.1, 0.15) is 11.5 Å². The first-order chi connectivity index (χ1) is 12.2. The third kappa shape index (κ3) is 10.4. The Morgan fingerprint density at radius 3 is 1.37 bits per heavy atom. The number of hydrogen-bond donors (Lipinski definition) is 2.